The Balaban J connectivity index is 0.974. The fraction of sp³-hybridized carbons (Fsp3) is 0.0364. The minimum absolute atomic E-state index is 0.954. The van der Waals surface area contributed by atoms with Gasteiger partial charge in [-0.2, -0.15) is 0 Å². The van der Waals surface area contributed by atoms with Gasteiger partial charge in [0.25, 0.3) is 0 Å². The Kier molecular flexibility index (Phi) is 8.70. The molecule has 10 rings (SSSR count). The van der Waals surface area contributed by atoms with Crippen molar-refractivity contribution in [2.45, 2.75) is 13.1 Å². The van der Waals surface area contributed by atoms with Crippen LogP contribution >= 0.6 is 0 Å². The molecule has 0 atom stereocenters. The molecule has 0 radical (unpaired) electrons. The summed E-state index contributed by atoms with van der Waals surface area (Å²) in [6.45, 7) is 4.99. The second kappa shape index (κ2) is 14.3. The number of nitrogens with zero attached hydrogens (tertiary/aromatic N) is 1. The maximum atomic E-state index is 5.25. The molecule has 1 aliphatic rings. The van der Waals surface area contributed by atoms with Crippen LogP contribution in [0.5, 0.6) is 0 Å². The van der Waals surface area contributed by atoms with Crippen LogP contribution in [0.3, 0.4) is 0 Å². The number of hydrogen-bond donors (Lipinski definition) is 0. The highest BCUT2D eigenvalue weighted by molar-refractivity contribution is 7.04. The lowest BCUT2D eigenvalue weighted by Crippen LogP contribution is -2.50. The van der Waals surface area contributed by atoms with E-state index in [1.807, 2.05) is 0 Å². The van der Waals surface area contributed by atoms with Gasteiger partial charge in [-0.1, -0.05) is 213 Å². The van der Waals surface area contributed by atoms with Crippen LogP contribution in [0.15, 0.2) is 212 Å². The molecule has 0 saturated heterocycles. The molecule has 57 heavy (non-hydrogen) atoms. The van der Waals surface area contributed by atoms with E-state index in [9.17, 15) is 0 Å². The Bertz CT molecular complexity index is 2760. The molecular weight excluding hydrogens is 703 g/mol. The minimum Gasteiger partial charge on any atom is -0.248 e. The zero-order chi connectivity index (χ0) is 38.3. The van der Waals surface area contributed by atoms with E-state index in [-0.39, 0.29) is 0 Å². The van der Waals surface area contributed by atoms with E-state index in [0.717, 1.165) is 33.6 Å². The molecule has 0 amide bonds. The summed E-state index contributed by atoms with van der Waals surface area (Å²) in [6.07, 6.45) is 0. The monoisotopic (exact) mass is 743 g/mol. The van der Waals surface area contributed by atoms with E-state index in [0.29, 0.717) is 0 Å². The van der Waals surface area contributed by atoms with Crippen molar-refractivity contribution in [2.24, 2.45) is 0 Å². The molecule has 2 heterocycles. The van der Waals surface area contributed by atoms with Crippen LogP contribution in [0, 0.1) is 0 Å². The molecule has 9 aromatic rings. The molecule has 0 unspecified atom stereocenters. The third-order valence-corrected chi connectivity index (χ3v) is 15.3. The maximum absolute atomic E-state index is 5.25. The molecule has 0 spiro atoms. The van der Waals surface area contributed by atoms with Crippen molar-refractivity contribution in [1.82, 2.24) is 4.98 Å². The van der Waals surface area contributed by atoms with Crippen molar-refractivity contribution in [1.29, 1.82) is 0 Å². The van der Waals surface area contributed by atoms with Crippen molar-refractivity contribution >= 4 is 18.4 Å². The van der Waals surface area contributed by atoms with E-state index < -0.39 is 8.07 Å². The minimum atomic E-state index is -1.81. The average molecular weight is 744 g/mol. The van der Waals surface area contributed by atoms with E-state index >= 15 is 0 Å². The Morgan fingerprint density at radius 3 is 1.12 bits per heavy atom. The zero-order valence-corrected chi connectivity index (χ0v) is 33.2. The smallest absolute Gasteiger partial charge is 0.114 e. The van der Waals surface area contributed by atoms with Gasteiger partial charge in [-0.15, -0.1) is 0 Å². The zero-order valence-electron chi connectivity index (χ0n) is 32.2. The Hall–Kier alpha value is -6.87. The summed E-state index contributed by atoms with van der Waals surface area (Å²) < 4.78 is 0. The second-order valence-corrected chi connectivity index (χ2v) is 19.9. The molecule has 0 bridgehead atoms. The summed E-state index contributed by atoms with van der Waals surface area (Å²) in [7, 11) is -1.81. The van der Waals surface area contributed by atoms with Gasteiger partial charge in [0.15, 0.2) is 0 Å². The lowest BCUT2D eigenvalue weighted by atomic mass is 9.95. The van der Waals surface area contributed by atoms with Crippen LogP contribution < -0.4 is 10.4 Å². The molecule has 8 aromatic carbocycles. The highest BCUT2D eigenvalue weighted by Gasteiger charge is 2.39. The summed E-state index contributed by atoms with van der Waals surface area (Å²) in [6, 6.07) is 77.1. The fourth-order valence-electron chi connectivity index (χ4n) is 8.71. The van der Waals surface area contributed by atoms with Gasteiger partial charge in [0.2, 0.25) is 0 Å². The summed E-state index contributed by atoms with van der Waals surface area (Å²) >= 11 is 0. The van der Waals surface area contributed by atoms with E-state index in [1.54, 1.807) is 10.4 Å². The maximum Gasteiger partial charge on any atom is 0.114 e. The highest BCUT2D eigenvalue weighted by Crippen LogP contribution is 2.36. The molecule has 0 N–H and O–H groups in total. The van der Waals surface area contributed by atoms with Gasteiger partial charge in [-0.3, -0.25) is 0 Å². The van der Waals surface area contributed by atoms with Crippen molar-refractivity contribution in [3.8, 4) is 89.3 Å². The summed E-state index contributed by atoms with van der Waals surface area (Å²) in [5.41, 5.74) is 19.1. The van der Waals surface area contributed by atoms with Gasteiger partial charge in [0.1, 0.15) is 8.07 Å². The number of hydrogen-bond acceptors (Lipinski definition) is 1. The number of benzene rings is 8. The predicted octanol–water partition coefficient (Wildman–Crippen LogP) is 13.6. The van der Waals surface area contributed by atoms with Gasteiger partial charge in [0, 0.05) is 11.1 Å². The standard InChI is InChI=1S/C55H41NSi/c1-57(2)54-19-10-9-16-50(54)51-18-11-17-49(55(51)57)45-30-24-43(25-31-45)42-20-22-44(23-21-42)48-36-52(46-32-26-40(27-33-46)38-12-5-3-6-13-38)56-53(37-48)47-34-28-41(29-35-47)39-14-7-4-8-15-39/h3-37H,1-2H3. The Labute approximate surface area is 336 Å². The van der Waals surface area contributed by atoms with Crippen molar-refractivity contribution in [2.75, 3.05) is 0 Å². The molecule has 0 fully saturated rings. The number of pyridine rings is 1. The summed E-state index contributed by atoms with van der Waals surface area (Å²) in [5.74, 6) is 0. The van der Waals surface area contributed by atoms with Crippen LogP contribution in [0.4, 0.5) is 0 Å². The Morgan fingerprint density at radius 2 is 0.632 bits per heavy atom. The van der Waals surface area contributed by atoms with Gasteiger partial charge in [-0.25, -0.2) is 4.98 Å². The lowest BCUT2D eigenvalue weighted by Gasteiger charge is -2.22. The molecule has 1 aliphatic heterocycles. The largest absolute Gasteiger partial charge is 0.248 e. The third-order valence-electron chi connectivity index (χ3n) is 11.7. The molecule has 270 valence electrons. The third kappa shape index (κ3) is 6.44. The number of rotatable bonds is 7. The van der Waals surface area contributed by atoms with Gasteiger partial charge < -0.3 is 0 Å². The normalized spacial score (nSPS) is 12.5. The van der Waals surface area contributed by atoms with Crippen molar-refractivity contribution < 1.29 is 0 Å². The van der Waals surface area contributed by atoms with E-state index in [4.69, 9.17) is 4.98 Å². The molecule has 2 heteroatoms. The summed E-state index contributed by atoms with van der Waals surface area (Å²) in [4.78, 5) is 5.25. The summed E-state index contributed by atoms with van der Waals surface area (Å²) in [5, 5.41) is 3.10. The van der Waals surface area contributed by atoms with E-state index in [2.05, 4.69) is 225 Å². The predicted molar refractivity (Wildman–Crippen MR) is 244 cm³/mol. The first kappa shape index (κ1) is 34.6. The topological polar surface area (TPSA) is 12.9 Å². The Morgan fingerprint density at radius 1 is 0.281 bits per heavy atom. The SMILES string of the molecule is C[Si]1(C)c2ccccc2-c2cccc(-c3ccc(-c4ccc(-c5cc(-c6ccc(-c7ccccc7)cc6)nc(-c6ccc(-c7ccccc7)cc6)c5)cc4)cc3)c21. The highest BCUT2D eigenvalue weighted by atomic mass is 28.3. The second-order valence-electron chi connectivity index (χ2n) is 15.6. The number of aromatic nitrogens is 1. The van der Waals surface area contributed by atoms with E-state index in [1.165, 1.54) is 55.6 Å². The van der Waals surface area contributed by atoms with Crippen LogP contribution in [0.25, 0.3) is 89.3 Å². The van der Waals surface area contributed by atoms with Crippen LogP contribution in [0.1, 0.15) is 0 Å². The van der Waals surface area contributed by atoms with Crippen LogP contribution in [-0.2, 0) is 0 Å². The van der Waals surface area contributed by atoms with Crippen LogP contribution in [-0.4, -0.2) is 13.1 Å². The first-order chi connectivity index (χ1) is 28.0. The molecule has 1 aromatic heterocycles. The van der Waals surface area contributed by atoms with Crippen LogP contribution in [0.2, 0.25) is 13.1 Å². The molecule has 0 saturated carbocycles. The average Bonchev–Trinajstić information content (AvgIpc) is 3.53. The molecule has 1 nitrogen and oxygen atoms in total. The first-order valence-corrected chi connectivity index (χ1v) is 22.8. The van der Waals surface area contributed by atoms with Gasteiger partial charge in [0.05, 0.1) is 11.4 Å². The van der Waals surface area contributed by atoms with Gasteiger partial charge in [-0.05, 0) is 89.3 Å². The van der Waals surface area contributed by atoms with Crippen molar-refractivity contribution in [3.05, 3.63) is 212 Å². The quantitative estimate of drug-likeness (QED) is 0.148. The lowest BCUT2D eigenvalue weighted by molar-refractivity contribution is 1.32. The first-order valence-electron chi connectivity index (χ1n) is 19.8. The fourth-order valence-corrected chi connectivity index (χ4v) is 12.2. The molecule has 0 aliphatic carbocycles. The van der Waals surface area contributed by atoms with Gasteiger partial charge >= 0.3 is 0 Å². The van der Waals surface area contributed by atoms with Crippen molar-refractivity contribution in [3.63, 3.8) is 0 Å². The molecular formula is C55H41NSi. The number of fused-ring (bicyclic) bond motifs is 3.